The molecule has 0 spiro atoms. The number of benzene rings is 1. The lowest BCUT2D eigenvalue weighted by molar-refractivity contribution is 1.11. The van der Waals surface area contributed by atoms with Gasteiger partial charge < -0.3 is 5.32 Å². The van der Waals surface area contributed by atoms with Gasteiger partial charge in [-0.1, -0.05) is 28.1 Å². The smallest absolute Gasteiger partial charge is 0.126 e. The van der Waals surface area contributed by atoms with Crippen molar-refractivity contribution in [2.24, 2.45) is 0 Å². The van der Waals surface area contributed by atoms with Crippen LogP contribution in [0.25, 0.3) is 0 Å². The highest BCUT2D eigenvalue weighted by Crippen LogP contribution is 2.14. The van der Waals surface area contributed by atoms with Gasteiger partial charge in [-0.2, -0.15) is 0 Å². The number of aromatic nitrogens is 1. The van der Waals surface area contributed by atoms with Crippen LogP contribution in [0.2, 0.25) is 0 Å². The predicted molar refractivity (Wildman–Crippen MR) is 73.4 cm³/mol. The number of pyridine rings is 1. The van der Waals surface area contributed by atoms with Gasteiger partial charge in [-0.05, 0) is 45.8 Å². The second-order valence-electron chi connectivity index (χ2n) is 3.35. The number of anilines is 1. The molecule has 0 radical (unpaired) electrons. The fourth-order valence-corrected chi connectivity index (χ4v) is 2.00. The minimum Gasteiger partial charge on any atom is -0.366 e. The first-order valence-electron chi connectivity index (χ1n) is 4.84. The van der Waals surface area contributed by atoms with E-state index in [4.69, 9.17) is 0 Å². The van der Waals surface area contributed by atoms with Gasteiger partial charge in [-0.15, -0.1) is 0 Å². The summed E-state index contributed by atoms with van der Waals surface area (Å²) in [4.78, 5) is 4.25. The number of halogens is 2. The van der Waals surface area contributed by atoms with E-state index in [9.17, 15) is 0 Å². The molecule has 1 N–H and O–H groups in total. The summed E-state index contributed by atoms with van der Waals surface area (Å²) in [5, 5.41) is 3.26. The third kappa shape index (κ3) is 3.32. The average molecular weight is 342 g/mol. The van der Waals surface area contributed by atoms with Crippen LogP contribution in [0.4, 0.5) is 5.82 Å². The van der Waals surface area contributed by atoms with E-state index in [1.165, 1.54) is 5.56 Å². The zero-order valence-electron chi connectivity index (χ0n) is 8.45. The van der Waals surface area contributed by atoms with E-state index in [1.807, 2.05) is 24.3 Å². The largest absolute Gasteiger partial charge is 0.366 e. The quantitative estimate of drug-likeness (QED) is 0.904. The number of hydrogen-bond acceptors (Lipinski definition) is 2. The van der Waals surface area contributed by atoms with Crippen LogP contribution in [0.1, 0.15) is 5.56 Å². The van der Waals surface area contributed by atoms with Crippen LogP contribution in [0.3, 0.4) is 0 Å². The molecule has 1 aromatic heterocycles. The molecule has 2 nitrogen and oxygen atoms in total. The maximum Gasteiger partial charge on any atom is 0.126 e. The maximum atomic E-state index is 4.25. The summed E-state index contributed by atoms with van der Waals surface area (Å²) >= 11 is 6.80. The number of hydrogen-bond donors (Lipinski definition) is 1. The summed E-state index contributed by atoms with van der Waals surface area (Å²) < 4.78 is 2.08. The summed E-state index contributed by atoms with van der Waals surface area (Å²) in [6.45, 7) is 0.772. The summed E-state index contributed by atoms with van der Waals surface area (Å²) in [7, 11) is 0. The van der Waals surface area contributed by atoms with Crippen molar-refractivity contribution in [1.29, 1.82) is 0 Å². The Morgan fingerprint density at radius 2 is 1.94 bits per heavy atom. The van der Waals surface area contributed by atoms with Crippen molar-refractivity contribution in [3.8, 4) is 0 Å². The van der Waals surface area contributed by atoms with Gasteiger partial charge in [0.25, 0.3) is 0 Å². The molecule has 82 valence electrons. The molecule has 0 bridgehead atoms. The van der Waals surface area contributed by atoms with Crippen molar-refractivity contribution in [2.75, 3.05) is 5.32 Å². The van der Waals surface area contributed by atoms with E-state index in [2.05, 4.69) is 54.3 Å². The summed E-state index contributed by atoms with van der Waals surface area (Å²) in [5.41, 5.74) is 1.22. The minimum atomic E-state index is 0.772. The highest BCUT2D eigenvalue weighted by atomic mass is 79.9. The Morgan fingerprint density at radius 1 is 1.06 bits per heavy atom. The highest BCUT2D eigenvalue weighted by Gasteiger charge is 1.96. The highest BCUT2D eigenvalue weighted by molar-refractivity contribution is 9.10. The van der Waals surface area contributed by atoms with Crippen LogP contribution >= 0.6 is 31.9 Å². The third-order valence-electron chi connectivity index (χ3n) is 2.09. The fraction of sp³-hybridized carbons (Fsp3) is 0.0833. The first-order valence-corrected chi connectivity index (χ1v) is 6.42. The van der Waals surface area contributed by atoms with Gasteiger partial charge >= 0.3 is 0 Å². The van der Waals surface area contributed by atoms with Crippen LogP contribution in [0.5, 0.6) is 0 Å². The van der Waals surface area contributed by atoms with Gasteiger partial charge in [0, 0.05) is 21.7 Å². The van der Waals surface area contributed by atoms with Crippen LogP contribution < -0.4 is 5.32 Å². The zero-order valence-corrected chi connectivity index (χ0v) is 11.6. The molecule has 0 unspecified atom stereocenters. The molecule has 2 aromatic rings. The molecule has 0 aliphatic carbocycles. The van der Waals surface area contributed by atoms with Gasteiger partial charge in [-0.3, -0.25) is 0 Å². The van der Waals surface area contributed by atoms with Gasteiger partial charge in [-0.25, -0.2) is 4.98 Å². The fourth-order valence-electron chi connectivity index (χ4n) is 1.32. The van der Waals surface area contributed by atoms with E-state index < -0.39 is 0 Å². The SMILES string of the molecule is Brc1ccc(NCc2cccc(Br)c2)nc1. The van der Waals surface area contributed by atoms with Crippen LogP contribution in [-0.4, -0.2) is 4.98 Å². The molecule has 0 aliphatic rings. The zero-order chi connectivity index (χ0) is 11.4. The summed E-state index contributed by atoms with van der Waals surface area (Å²) in [6, 6.07) is 12.1. The van der Waals surface area contributed by atoms with Crippen molar-refractivity contribution in [3.05, 3.63) is 57.1 Å². The summed E-state index contributed by atoms with van der Waals surface area (Å²) in [6.07, 6.45) is 1.78. The average Bonchev–Trinajstić information content (AvgIpc) is 2.28. The van der Waals surface area contributed by atoms with Crippen LogP contribution in [-0.2, 0) is 6.54 Å². The van der Waals surface area contributed by atoms with E-state index in [-0.39, 0.29) is 0 Å². The Morgan fingerprint density at radius 3 is 2.62 bits per heavy atom. The minimum absolute atomic E-state index is 0.772. The Labute approximate surface area is 111 Å². The number of rotatable bonds is 3. The molecule has 0 saturated heterocycles. The molecule has 2 rings (SSSR count). The molecule has 4 heteroatoms. The molecular weight excluding hydrogens is 332 g/mol. The number of nitrogens with zero attached hydrogens (tertiary/aromatic N) is 1. The molecule has 0 fully saturated rings. The van der Waals surface area contributed by atoms with Gasteiger partial charge in [0.1, 0.15) is 5.82 Å². The van der Waals surface area contributed by atoms with E-state index in [1.54, 1.807) is 6.20 Å². The Hall–Kier alpha value is -0.870. The third-order valence-corrected chi connectivity index (χ3v) is 3.05. The predicted octanol–water partition coefficient (Wildman–Crippen LogP) is 4.22. The Balaban J connectivity index is 1.99. The monoisotopic (exact) mass is 340 g/mol. The van der Waals surface area contributed by atoms with Gasteiger partial charge in [0.15, 0.2) is 0 Å². The molecule has 0 amide bonds. The first-order chi connectivity index (χ1) is 7.74. The van der Waals surface area contributed by atoms with Crippen molar-refractivity contribution in [2.45, 2.75) is 6.54 Å². The molecule has 0 saturated carbocycles. The Kier molecular flexibility index (Phi) is 3.96. The van der Waals surface area contributed by atoms with E-state index >= 15 is 0 Å². The molecule has 0 atom stereocenters. The van der Waals surface area contributed by atoms with Crippen LogP contribution in [0, 0.1) is 0 Å². The lowest BCUT2D eigenvalue weighted by Crippen LogP contribution is -2.00. The Bertz CT molecular complexity index is 469. The van der Waals surface area contributed by atoms with Crippen molar-refractivity contribution in [3.63, 3.8) is 0 Å². The maximum absolute atomic E-state index is 4.25. The van der Waals surface area contributed by atoms with Crippen LogP contribution in [0.15, 0.2) is 51.5 Å². The van der Waals surface area contributed by atoms with Crippen molar-refractivity contribution >= 4 is 37.7 Å². The molecule has 1 aromatic carbocycles. The number of nitrogens with one attached hydrogen (secondary N) is 1. The second kappa shape index (κ2) is 5.46. The molecule has 1 heterocycles. The van der Waals surface area contributed by atoms with Gasteiger partial charge in [0.05, 0.1) is 0 Å². The van der Waals surface area contributed by atoms with E-state index in [0.717, 1.165) is 21.3 Å². The lowest BCUT2D eigenvalue weighted by atomic mass is 10.2. The first kappa shape index (κ1) is 11.6. The second-order valence-corrected chi connectivity index (χ2v) is 5.18. The van der Waals surface area contributed by atoms with Crippen molar-refractivity contribution in [1.82, 2.24) is 4.98 Å². The summed E-state index contributed by atoms with van der Waals surface area (Å²) in [5.74, 6) is 0.878. The normalized spacial score (nSPS) is 10.1. The lowest BCUT2D eigenvalue weighted by Gasteiger charge is -2.05. The molecular formula is C12H10Br2N2. The topological polar surface area (TPSA) is 24.9 Å². The molecule has 0 aliphatic heterocycles. The van der Waals surface area contributed by atoms with Gasteiger partial charge in [0.2, 0.25) is 0 Å². The van der Waals surface area contributed by atoms with Crippen molar-refractivity contribution < 1.29 is 0 Å². The standard InChI is InChI=1S/C12H10Br2N2/c13-10-3-1-2-9(6-10)7-15-12-5-4-11(14)8-16-12/h1-6,8H,7H2,(H,15,16). The van der Waals surface area contributed by atoms with E-state index in [0.29, 0.717) is 0 Å². The molecule has 16 heavy (non-hydrogen) atoms.